The second-order valence-corrected chi connectivity index (χ2v) is 6.49. The molecule has 2 N–H and O–H groups in total. The molecule has 106 valence electrons. The van der Waals surface area contributed by atoms with Crippen LogP contribution in [0.25, 0.3) is 17.1 Å². The van der Waals surface area contributed by atoms with Gasteiger partial charge in [-0.3, -0.25) is 0 Å². The predicted octanol–water partition coefficient (Wildman–Crippen LogP) is 4.09. The normalized spacial score (nSPS) is 10.8. The van der Waals surface area contributed by atoms with Crippen LogP contribution in [0.3, 0.4) is 0 Å². The summed E-state index contributed by atoms with van der Waals surface area (Å²) in [6.45, 7) is 0. The summed E-state index contributed by atoms with van der Waals surface area (Å²) < 4.78 is 3.45. The van der Waals surface area contributed by atoms with Gasteiger partial charge in [-0.15, -0.1) is 5.10 Å². The van der Waals surface area contributed by atoms with Gasteiger partial charge >= 0.3 is 0 Å². The second kappa shape index (κ2) is 5.75. The van der Waals surface area contributed by atoms with Crippen molar-refractivity contribution in [1.29, 1.82) is 0 Å². The fraction of sp³-hybridized carbons (Fsp3) is 0. The molecule has 0 radical (unpaired) electrons. The largest absolute Gasteiger partial charge is 0.399 e. The molecule has 0 amide bonds. The summed E-state index contributed by atoms with van der Waals surface area (Å²) in [6, 6.07) is 11.0. The van der Waals surface area contributed by atoms with Crippen LogP contribution in [0.1, 0.15) is 0 Å². The lowest BCUT2D eigenvalue weighted by Crippen LogP contribution is -2.01. The van der Waals surface area contributed by atoms with E-state index in [-0.39, 0.29) is 0 Å². The highest BCUT2D eigenvalue weighted by atomic mass is 79.9. The highest BCUT2D eigenvalue weighted by molar-refractivity contribution is 9.11. The van der Waals surface area contributed by atoms with Gasteiger partial charge in [-0.05, 0) is 62.8 Å². The van der Waals surface area contributed by atoms with E-state index in [1.165, 1.54) is 0 Å². The van der Waals surface area contributed by atoms with E-state index in [0.717, 1.165) is 20.2 Å². The molecule has 8 heteroatoms. The Morgan fingerprint density at radius 1 is 1.10 bits per heavy atom. The van der Waals surface area contributed by atoms with Gasteiger partial charge in [-0.25, -0.2) is 0 Å². The number of benzene rings is 2. The summed E-state index contributed by atoms with van der Waals surface area (Å²) in [7, 11) is 0. The van der Waals surface area contributed by atoms with E-state index in [1.54, 1.807) is 22.9 Å². The number of anilines is 1. The van der Waals surface area contributed by atoms with Crippen molar-refractivity contribution < 1.29 is 0 Å². The molecule has 0 saturated carbocycles. The summed E-state index contributed by atoms with van der Waals surface area (Å²) in [5, 5.41) is 12.4. The molecular formula is C13H8Br2ClN5. The molecule has 0 fully saturated rings. The minimum absolute atomic E-state index is 0.537. The number of hydrogen-bond acceptors (Lipinski definition) is 4. The average Bonchev–Trinajstić information content (AvgIpc) is 2.86. The minimum Gasteiger partial charge on any atom is -0.399 e. The van der Waals surface area contributed by atoms with Crippen LogP contribution in [0.5, 0.6) is 0 Å². The Hall–Kier alpha value is -1.44. The maximum absolute atomic E-state index is 6.04. The van der Waals surface area contributed by atoms with Crippen LogP contribution in [0, 0.1) is 0 Å². The number of nitrogens with zero attached hydrogens (tertiary/aromatic N) is 4. The van der Waals surface area contributed by atoms with Gasteiger partial charge in [0.1, 0.15) is 0 Å². The quantitative estimate of drug-likeness (QED) is 0.623. The number of tetrazole rings is 1. The maximum atomic E-state index is 6.04. The summed E-state index contributed by atoms with van der Waals surface area (Å²) >= 11 is 13.0. The third-order valence-electron chi connectivity index (χ3n) is 2.79. The first-order valence-electron chi connectivity index (χ1n) is 5.85. The van der Waals surface area contributed by atoms with Crippen molar-refractivity contribution in [2.45, 2.75) is 0 Å². The first-order valence-corrected chi connectivity index (χ1v) is 7.81. The van der Waals surface area contributed by atoms with Crippen molar-refractivity contribution in [3.05, 3.63) is 50.4 Å². The molecule has 1 heterocycles. The van der Waals surface area contributed by atoms with E-state index in [0.29, 0.717) is 16.5 Å². The Morgan fingerprint density at radius 2 is 1.90 bits per heavy atom. The standard InChI is InChI=1S/C13H8Br2ClN5/c14-8-1-2-12(11(15)5-8)21-13(18-19-20-21)7-3-9(16)6-10(17)4-7/h1-6H,17H2. The van der Waals surface area contributed by atoms with Gasteiger partial charge in [0.2, 0.25) is 0 Å². The first-order chi connectivity index (χ1) is 10.0. The van der Waals surface area contributed by atoms with Crippen LogP contribution in [0.4, 0.5) is 5.69 Å². The van der Waals surface area contributed by atoms with Gasteiger partial charge < -0.3 is 5.73 Å². The van der Waals surface area contributed by atoms with Crippen LogP contribution in [0.2, 0.25) is 5.02 Å². The van der Waals surface area contributed by atoms with Crippen molar-refractivity contribution in [3.8, 4) is 17.1 Å². The highest BCUT2D eigenvalue weighted by Gasteiger charge is 2.14. The van der Waals surface area contributed by atoms with Gasteiger partial charge in [0.15, 0.2) is 5.82 Å². The molecule has 0 unspecified atom stereocenters. The summed E-state index contributed by atoms with van der Waals surface area (Å²) in [4.78, 5) is 0. The molecule has 5 nitrogen and oxygen atoms in total. The Kier molecular flexibility index (Phi) is 3.97. The lowest BCUT2D eigenvalue weighted by atomic mass is 10.2. The van der Waals surface area contributed by atoms with Crippen molar-refractivity contribution in [1.82, 2.24) is 20.2 Å². The number of nitrogen functional groups attached to an aromatic ring is 1. The van der Waals surface area contributed by atoms with Crippen LogP contribution in [-0.2, 0) is 0 Å². The molecule has 1 aromatic heterocycles. The van der Waals surface area contributed by atoms with E-state index in [2.05, 4.69) is 47.4 Å². The van der Waals surface area contributed by atoms with E-state index in [4.69, 9.17) is 17.3 Å². The van der Waals surface area contributed by atoms with Crippen LogP contribution in [-0.4, -0.2) is 20.2 Å². The van der Waals surface area contributed by atoms with E-state index in [9.17, 15) is 0 Å². The van der Waals surface area contributed by atoms with Gasteiger partial charge in [-0.2, -0.15) is 4.68 Å². The zero-order valence-electron chi connectivity index (χ0n) is 10.5. The topological polar surface area (TPSA) is 69.6 Å². The third-order valence-corrected chi connectivity index (χ3v) is 4.13. The zero-order valence-corrected chi connectivity index (χ0v) is 14.4. The first kappa shape index (κ1) is 14.5. The average molecular weight is 430 g/mol. The van der Waals surface area contributed by atoms with Gasteiger partial charge in [0, 0.05) is 25.2 Å². The van der Waals surface area contributed by atoms with Crippen molar-refractivity contribution in [2.24, 2.45) is 0 Å². The van der Waals surface area contributed by atoms with Gasteiger partial charge in [-0.1, -0.05) is 27.5 Å². The molecule has 0 spiro atoms. The highest BCUT2D eigenvalue weighted by Crippen LogP contribution is 2.29. The number of hydrogen-bond donors (Lipinski definition) is 1. The van der Waals surface area contributed by atoms with Crippen LogP contribution < -0.4 is 5.73 Å². The second-order valence-electron chi connectivity index (χ2n) is 4.28. The number of aromatic nitrogens is 4. The molecule has 0 aliphatic heterocycles. The zero-order chi connectivity index (χ0) is 15.0. The SMILES string of the molecule is Nc1cc(Cl)cc(-c2nnnn2-c2ccc(Br)cc2Br)c1. The lowest BCUT2D eigenvalue weighted by molar-refractivity contribution is 0.789. The number of halogens is 3. The Bertz CT molecular complexity index is 798. The molecule has 0 atom stereocenters. The van der Waals surface area contributed by atoms with Gasteiger partial charge in [0.05, 0.1) is 5.69 Å². The smallest absolute Gasteiger partial charge is 0.187 e. The van der Waals surface area contributed by atoms with Crippen LogP contribution >= 0.6 is 43.5 Å². The molecular weight excluding hydrogens is 421 g/mol. The molecule has 2 aromatic carbocycles. The van der Waals surface area contributed by atoms with E-state index >= 15 is 0 Å². The molecule has 0 saturated heterocycles. The van der Waals surface area contributed by atoms with Crippen molar-refractivity contribution in [3.63, 3.8) is 0 Å². The number of rotatable bonds is 2. The molecule has 0 aliphatic rings. The Labute approximate surface area is 142 Å². The summed E-state index contributed by atoms with van der Waals surface area (Å²) in [5.74, 6) is 0.562. The van der Waals surface area contributed by atoms with E-state index < -0.39 is 0 Å². The fourth-order valence-corrected chi connectivity index (χ4v) is 3.38. The molecule has 3 aromatic rings. The Morgan fingerprint density at radius 3 is 2.62 bits per heavy atom. The van der Waals surface area contributed by atoms with E-state index in [1.807, 2.05) is 18.2 Å². The van der Waals surface area contributed by atoms with Crippen molar-refractivity contribution in [2.75, 3.05) is 5.73 Å². The Balaban J connectivity index is 2.17. The minimum atomic E-state index is 0.537. The number of nitrogens with two attached hydrogens (primary N) is 1. The molecule has 0 aliphatic carbocycles. The summed E-state index contributed by atoms with van der Waals surface area (Å²) in [5.41, 5.74) is 7.95. The molecule has 0 bridgehead atoms. The van der Waals surface area contributed by atoms with Crippen LogP contribution in [0.15, 0.2) is 45.3 Å². The van der Waals surface area contributed by atoms with Crippen molar-refractivity contribution >= 4 is 49.1 Å². The third kappa shape index (κ3) is 2.95. The summed E-state index contributed by atoms with van der Waals surface area (Å²) in [6.07, 6.45) is 0. The lowest BCUT2D eigenvalue weighted by Gasteiger charge is -2.08. The predicted molar refractivity (Wildman–Crippen MR) is 89.4 cm³/mol. The monoisotopic (exact) mass is 427 g/mol. The maximum Gasteiger partial charge on any atom is 0.187 e. The molecule has 3 rings (SSSR count). The molecule has 21 heavy (non-hydrogen) atoms. The van der Waals surface area contributed by atoms with Gasteiger partial charge in [0.25, 0.3) is 0 Å². The fourth-order valence-electron chi connectivity index (χ4n) is 1.92.